The summed E-state index contributed by atoms with van der Waals surface area (Å²) in [5.41, 5.74) is 1.68. The number of thiocarbonyl (C=S) groups is 1. The molecule has 1 aliphatic rings. The third-order valence-electron chi connectivity index (χ3n) is 7.62. The fourth-order valence-electron chi connectivity index (χ4n) is 5.56. The van der Waals surface area contributed by atoms with Gasteiger partial charge < -0.3 is 24.6 Å². The van der Waals surface area contributed by atoms with Crippen molar-refractivity contribution in [3.8, 4) is 22.6 Å². The van der Waals surface area contributed by atoms with Crippen molar-refractivity contribution in [2.24, 2.45) is 0 Å². The van der Waals surface area contributed by atoms with Gasteiger partial charge in [0.15, 0.2) is 0 Å². The van der Waals surface area contributed by atoms with Gasteiger partial charge in [-0.05, 0) is 69.0 Å². The number of nitrogens with zero attached hydrogens (tertiary/aromatic N) is 1. The molecule has 0 bridgehead atoms. The molecule has 1 saturated heterocycles. The fraction of sp³-hybridized carbons (Fsp3) is 0.382. The fourth-order valence-corrected chi connectivity index (χ4v) is 6.06. The van der Waals surface area contributed by atoms with E-state index in [0.29, 0.717) is 24.5 Å². The Morgan fingerprint density at radius 2 is 1.60 bits per heavy atom. The molecule has 4 rings (SSSR count). The zero-order chi connectivity index (χ0) is 31.2. The molecule has 2 atom stereocenters. The van der Waals surface area contributed by atoms with Crippen molar-refractivity contribution in [3.05, 3.63) is 83.9 Å². The zero-order valence-corrected chi connectivity index (χ0v) is 26.2. The van der Waals surface area contributed by atoms with Gasteiger partial charge in [0.05, 0.1) is 25.2 Å². The normalized spacial score (nSPS) is 17.4. The lowest BCUT2D eigenvalue weighted by Crippen LogP contribution is -2.60. The van der Waals surface area contributed by atoms with Crippen LogP contribution in [-0.2, 0) is 21.4 Å². The number of benzene rings is 3. The largest absolute Gasteiger partial charge is 0.496 e. The molecular formula is C34H40N2O6S. The maximum absolute atomic E-state index is 13.8. The van der Waals surface area contributed by atoms with Gasteiger partial charge in [0.1, 0.15) is 28.1 Å². The van der Waals surface area contributed by atoms with Crippen LogP contribution in [0.4, 0.5) is 4.79 Å². The van der Waals surface area contributed by atoms with Crippen molar-refractivity contribution in [2.45, 2.75) is 57.1 Å². The van der Waals surface area contributed by atoms with Crippen LogP contribution in [0, 0.1) is 0 Å². The van der Waals surface area contributed by atoms with E-state index in [1.54, 1.807) is 35.0 Å². The standard InChI is InChI=1S/C34H40N2O6S/c1-33(2,3)42-32(39)36(31(43)34(19-10-20-35-22-34)25-11-7-6-8-12-25)26(30(37)38)21-23-15-17-24(18-16-23)29-27(40-4)13-9-14-28(29)41-5/h6-9,11-18,26,35H,10,19-22H2,1-5H3,(H,37,38)/t26-,34?/m0/s1. The second-order valence-electron chi connectivity index (χ2n) is 11.7. The first-order valence-corrected chi connectivity index (χ1v) is 14.8. The summed E-state index contributed by atoms with van der Waals surface area (Å²) in [6.07, 6.45) is 0.740. The number of carboxylic acids is 1. The minimum atomic E-state index is -1.29. The molecule has 3 aromatic carbocycles. The van der Waals surface area contributed by atoms with E-state index in [0.717, 1.165) is 35.2 Å². The van der Waals surface area contributed by atoms with Crippen LogP contribution >= 0.6 is 12.2 Å². The van der Waals surface area contributed by atoms with Crippen molar-refractivity contribution >= 4 is 29.3 Å². The third kappa shape index (κ3) is 7.17. The van der Waals surface area contributed by atoms with Crippen LogP contribution in [0.3, 0.4) is 0 Å². The van der Waals surface area contributed by atoms with E-state index in [4.69, 9.17) is 26.4 Å². The van der Waals surface area contributed by atoms with Gasteiger partial charge in [-0.25, -0.2) is 9.59 Å². The number of hydrogen-bond donors (Lipinski definition) is 2. The Morgan fingerprint density at radius 3 is 2.12 bits per heavy atom. The highest BCUT2D eigenvalue weighted by atomic mass is 32.1. The van der Waals surface area contributed by atoms with E-state index >= 15 is 0 Å². The molecule has 43 heavy (non-hydrogen) atoms. The number of hydrogen-bond acceptors (Lipinski definition) is 7. The van der Waals surface area contributed by atoms with Crippen LogP contribution in [0.15, 0.2) is 72.8 Å². The molecule has 0 aliphatic carbocycles. The van der Waals surface area contributed by atoms with Crippen LogP contribution in [-0.4, -0.2) is 66.0 Å². The van der Waals surface area contributed by atoms with E-state index in [1.165, 1.54) is 4.90 Å². The van der Waals surface area contributed by atoms with Crippen molar-refractivity contribution in [3.63, 3.8) is 0 Å². The number of methoxy groups -OCH3 is 2. The topological polar surface area (TPSA) is 97.3 Å². The molecule has 9 heteroatoms. The Labute approximate surface area is 259 Å². The summed E-state index contributed by atoms with van der Waals surface area (Å²) in [5.74, 6) is 0.143. The average molecular weight is 605 g/mol. The molecule has 8 nitrogen and oxygen atoms in total. The molecule has 3 aromatic rings. The minimum absolute atomic E-state index is 0.0242. The van der Waals surface area contributed by atoms with Gasteiger partial charge >= 0.3 is 12.1 Å². The predicted octanol–water partition coefficient (Wildman–Crippen LogP) is 6.25. The number of carbonyl (C=O) groups excluding carboxylic acids is 1. The predicted molar refractivity (Wildman–Crippen MR) is 171 cm³/mol. The molecule has 1 fully saturated rings. The number of rotatable bonds is 9. The molecule has 2 N–H and O–H groups in total. The van der Waals surface area contributed by atoms with Gasteiger partial charge in [-0.2, -0.15) is 0 Å². The lowest BCUT2D eigenvalue weighted by molar-refractivity contribution is -0.141. The molecule has 0 radical (unpaired) electrons. The Balaban J connectivity index is 1.74. The SMILES string of the molecule is COc1cccc(OC)c1-c1ccc(C[C@@H](C(=O)O)N(C(=O)OC(C)(C)C)C(=S)C2(c3ccccc3)CCCNC2)cc1. The lowest BCUT2D eigenvalue weighted by Gasteiger charge is -2.44. The van der Waals surface area contributed by atoms with Crippen LogP contribution in [0.2, 0.25) is 0 Å². The maximum atomic E-state index is 13.8. The van der Waals surface area contributed by atoms with Gasteiger partial charge in [-0.15, -0.1) is 0 Å². The second kappa shape index (κ2) is 13.6. The molecule has 0 saturated carbocycles. The Kier molecular flexibility index (Phi) is 10.1. The maximum Gasteiger partial charge on any atom is 0.416 e. The number of carboxylic acid groups (broad SMARTS) is 1. The van der Waals surface area contributed by atoms with Gasteiger partial charge in [0.2, 0.25) is 0 Å². The first kappa shape index (κ1) is 32.0. The number of piperidine rings is 1. The Bertz CT molecular complexity index is 1410. The summed E-state index contributed by atoms with van der Waals surface area (Å²) < 4.78 is 16.9. The van der Waals surface area contributed by atoms with E-state index < -0.39 is 29.1 Å². The molecule has 0 spiro atoms. The Morgan fingerprint density at radius 1 is 0.977 bits per heavy atom. The molecule has 1 amide bonds. The molecule has 1 unspecified atom stereocenters. The van der Waals surface area contributed by atoms with Crippen LogP contribution in [0.1, 0.15) is 44.7 Å². The van der Waals surface area contributed by atoms with Gasteiger partial charge in [-0.3, -0.25) is 4.90 Å². The number of nitrogens with one attached hydrogen (secondary N) is 1. The van der Waals surface area contributed by atoms with Crippen molar-refractivity contribution < 1.29 is 28.9 Å². The molecule has 1 heterocycles. The van der Waals surface area contributed by atoms with E-state index in [2.05, 4.69) is 5.32 Å². The number of aliphatic carboxylic acids is 1. The highest BCUT2D eigenvalue weighted by Gasteiger charge is 2.47. The molecule has 228 valence electrons. The number of ether oxygens (including phenoxy) is 3. The van der Waals surface area contributed by atoms with E-state index in [1.807, 2.05) is 72.8 Å². The second-order valence-corrected chi connectivity index (χ2v) is 12.1. The van der Waals surface area contributed by atoms with Crippen molar-refractivity contribution in [1.82, 2.24) is 10.2 Å². The summed E-state index contributed by atoms with van der Waals surface area (Å²) in [6, 6.07) is 21.5. The van der Waals surface area contributed by atoms with Crippen molar-refractivity contribution in [1.29, 1.82) is 0 Å². The van der Waals surface area contributed by atoms with E-state index in [-0.39, 0.29) is 11.4 Å². The summed E-state index contributed by atoms with van der Waals surface area (Å²) in [4.78, 5) is 28.2. The zero-order valence-electron chi connectivity index (χ0n) is 25.4. The third-order valence-corrected chi connectivity index (χ3v) is 8.21. The average Bonchev–Trinajstić information content (AvgIpc) is 3.00. The lowest BCUT2D eigenvalue weighted by atomic mass is 9.73. The number of amides is 1. The summed E-state index contributed by atoms with van der Waals surface area (Å²) in [5, 5.41) is 14.0. The van der Waals surface area contributed by atoms with E-state index in [9.17, 15) is 14.7 Å². The minimum Gasteiger partial charge on any atom is -0.496 e. The quantitative estimate of drug-likeness (QED) is 0.277. The Hall–Kier alpha value is -3.95. The van der Waals surface area contributed by atoms with Gasteiger partial charge in [0.25, 0.3) is 0 Å². The summed E-state index contributed by atoms with van der Waals surface area (Å²) >= 11 is 6.10. The monoisotopic (exact) mass is 604 g/mol. The molecule has 0 aromatic heterocycles. The van der Waals surface area contributed by atoms with Crippen molar-refractivity contribution in [2.75, 3.05) is 27.3 Å². The van der Waals surface area contributed by atoms with Gasteiger partial charge in [0, 0.05) is 13.0 Å². The highest BCUT2D eigenvalue weighted by molar-refractivity contribution is 7.80. The molecular weight excluding hydrogens is 564 g/mol. The molecule has 1 aliphatic heterocycles. The summed E-state index contributed by atoms with van der Waals surface area (Å²) in [7, 11) is 3.20. The van der Waals surface area contributed by atoms with Crippen LogP contribution < -0.4 is 14.8 Å². The smallest absolute Gasteiger partial charge is 0.416 e. The first-order valence-electron chi connectivity index (χ1n) is 14.4. The highest BCUT2D eigenvalue weighted by Crippen LogP contribution is 2.39. The van der Waals surface area contributed by atoms with Gasteiger partial charge in [-0.1, -0.05) is 72.9 Å². The van der Waals surface area contributed by atoms with Crippen LogP contribution in [0.25, 0.3) is 11.1 Å². The summed E-state index contributed by atoms with van der Waals surface area (Å²) in [6.45, 7) is 6.55. The van der Waals surface area contributed by atoms with Crippen LogP contribution in [0.5, 0.6) is 11.5 Å². The number of carbonyl (C=O) groups is 2. The first-order chi connectivity index (χ1) is 20.5.